The highest BCUT2D eigenvalue weighted by atomic mass is 31.2. The number of hydrogen-bond donors (Lipinski definition) is 1. The van der Waals surface area contributed by atoms with Crippen molar-refractivity contribution in [3.8, 4) is 0 Å². The van der Waals surface area contributed by atoms with E-state index in [0.717, 1.165) is 89.9 Å². The van der Waals surface area contributed by atoms with Crippen LogP contribution in [0.2, 0.25) is 0 Å². The van der Waals surface area contributed by atoms with Crippen LogP contribution in [0.4, 0.5) is 0 Å². The molecule has 0 fully saturated rings. The quantitative estimate of drug-likeness (QED) is 0.0211. The molecular formula is C68H121NO8P+. The number of allylic oxidation sites excluding steroid dienone is 16. The van der Waals surface area contributed by atoms with Crippen molar-refractivity contribution in [3.05, 3.63) is 97.2 Å². The molecule has 0 aliphatic rings. The normalized spacial score (nSPS) is 13.9. The highest BCUT2D eigenvalue weighted by Crippen LogP contribution is 2.43. The van der Waals surface area contributed by atoms with E-state index in [0.29, 0.717) is 23.9 Å². The smallest absolute Gasteiger partial charge is 0.462 e. The molecule has 0 saturated heterocycles. The summed E-state index contributed by atoms with van der Waals surface area (Å²) in [4.78, 5) is 35.7. The summed E-state index contributed by atoms with van der Waals surface area (Å²) in [6.45, 7) is 4.19. The highest BCUT2D eigenvalue weighted by molar-refractivity contribution is 7.47. The standard InChI is InChI=1S/C68H120NO8P/c1-6-8-10-12-14-16-18-20-22-24-25-26-27-28-29-30-31-32-33-34-35-36-37-38-39-40-41-42-43-45-47-49-51-53-55-57-59-61-68(71)77-66(65-76-78(72,73)75-63-62-69(3,4)5)64-74-67(70)60-58-56-54-52-50-48-46-44-23-21-19-17-15-13-11-9-7-2/h8-11,14-17,20-23,25-26,46,48,66H,6-7,12-13,18-19,24,27-45,47,49-65H2,1-5H3/p+1/b10-8-,11-9-,16-14-,17-15-,22-20-,23-21-,26-25-,48-46-. The Kier molecular flexibility index (Phi) is 56.3. The molecule has 10 heteroatoms. The molecule has 2 unspecified atom stereocenters. The third kappa shape index (κ3) is 62.1. The summed E-state index contributed by atoms with van der Waals surface area (Å²) in [5.41, 5.74) is 0. The van der Waals surface area contributed by atoms with Crippen molar-refractivity contribution < 1.29 is 42.1 Å². The van der Waals surface area contributed by atoms with E-state index in [1.165, 1.54) is 141 Å². The fourth-order valence-electron chi connectivity index (χ4n) is 8.76. The van der Waals surface area contributed by atoms with Gasteiger partial charge in [-0.2, -0.15) is 0 Å². The SMILES string of the molecule is CC/C=C\C/C=C\C/C=C\C/C=C\CCCCCCCCCCCCCCCCCCCCCCCCCCC(=O)OC(COC(=O)CCCCCC/C=C\C/C=C\C/C=C\C/C=C\CC)COP(=O)(O)OCC[N+](C)(C)C. The van der Waals surface area contributed by atoms with Crippen molar-refractivity contribution in [2.24, 2.45) is 0 Å². The number of phosphoric ester groups is 1. The van der Waals surface area contributed by atoms with Crippen LogP contribution in [-0.2, 0) is 32.7 Å². The maximum Gasteiger partial charge on any atom is 0.472 e. The zero-order chi connectivity index (χ0) is 57.0. The topological polar surface area (TPSA) is 108 Å². The van der Waals surface area contributed by atoms with Crippen LogP contribution >= 0.6 is 7.82 Å². The Bertz CT molecular complexity index is 1640. The van der Waals surface area contributed by atoms with Gasteiger partial charge in [-0.15, -0.1) is 0 Å². The summed E-state index contributed by atoms with van der Waals surface area (Å²) in [6, 6.07) is 0. The maximum absolute atomic E-state index is 12.8. The summed E-state index contributed by atoms with van der Waals surface area (Å²) in [5.74, 6) is -0.820. The number of nitrogens with zero attached hydrogens (tertiary/aromatic N) is 1. The first kappa shape index (κ1) is 74.9. The van der Waals surface area contributed by atoms with Gasteiger partial charge < -0.3 is 18.9 Å². The van der Waals surface area contributed by atoms with Crippen LogP contribution < -0.4 is 0 Å². The minimum absolute atomic E-state index is 0.0252. The number of carbonyl (C=O) groups excluding carboxylic acids is 2. The molecule has 0 aromatic carbocycles. The first-order valence-corrected chi connectivity index (χ1v) is 33.5. The van der Waals surface area contributed by atoms with Gasteiger partial charge in [-0.1, -0.05) is 265 Å². The molecule has 0 saturated carbocycles. The second-order valence-electron chi connectivity index (χ2n) is 22.4. The minimum atomic E-state index is -4.40. The maximum atomic E-state index is 12.8. The minimum Gasteiger partial charge on any atom is -0.462 e. The molecule has 0 heterocycles. The van der Waals surface area contributed by atoms with E-state index in [2.05, 4.69) is 111 Å². The Balaban J connectivity index is 3.98. The van der Waals surface area contributed by atoms with Crippen LogP contribution in [0.5, 0.6) is 0 Å². The highest BCUT2D eigenvalue weighted by Gasteiger charge is 2.27. The predicted octanol–water partition coefficient (Wildman–Crippen LogP) is 20.4. The number of rotatable bonds is 58. The molecule has 0 bridgehead atoms. The average Bonchev–Trinajstić information content (AvgIpc) is 3.41. The van der Waals surface area contributed by atoms with Gasteiger partial charge >= 0.3 is 19.8 Å². The van der Waals surface area contributed by atoms with Gasteiger partial charge in [0.05, 0.1) is 27.7 Å². The third-order valence-corrected chi connectivity index (χ3v) is 14.6. The predicted molar refractivity (Wildman–Crippen MR) is 335 cm³/mol. The van der Waals surface area contributed by atoms with E-state index in [4.69, 9.17) is 18.5 Å². The van der Waals surface area contributed by atoms with Crippen LogP contribution in [-0.4, -0.2) is 74.9 Å². The lowest BCUT2D eigenvalue weighted by atomic mass is 10.0. The number of hydrogen-bond acceptors (Lipinski definition) is 7. The van der Waals surface area contributed by atoms with Crippen molar-refractivity contribution in [1.29, 1.82) is 0 Å². The lowest BCUT2D eigenvalue weighted by molar-refractivity contribution is -0.870. The Morgan fingerprint density at radius 2 is 0.692 bits per heavy atom. The number of unbranched alkanes of at least 4 members (excludes halogenated alkanes) is 28. The van der Waals surface area contributed by atoms with Crippen LogP contribution in [0.1, 0.15) is 271 Å². The monoisotopic (exact) mass is 1110 g/mol. The number of likely N-dealkylation sites (N-methyl/N-ethyl adjacent to an activating group) is 1. The average molecular weight is 1110 g/mol. The van der Waals surface area contributed by atoms with Gasteiger partial charge in [0.15, 0.2) is 6.10 Å². The summed E-state index contributed by atoms with van der Waals surface area (Å²) in [7, 11) is 1.46. The number of ether oxygens (including phenoxy) is 2. The molecule has 2 atom stereocenters. The van der Waals surface area contributed by atoms with Gasteiger partial charge in [-0.05, 0) is 89.9 Å². The largest absolute Gasteiger partial charge is 0.472 e. The van der Waals surface area contributed by atoms with E-state index in [-0.39, 0.29) is 32.0 Å². The fraction of sp³-hybridized carbons (Fsp3) is 0.735. The second-order valence-corrected chi connectivity index (χ2v) is 23.8. The van der Waals surface area contributed by atoms with Crippen LogP contribution in [0.25, 0.3) is 0 Å². The summed E-state index contributed by atoms with van der Waals surface area (Å²) >= 11 is 0. The summed E-state index contributed by atoms with van der Waals surface area (Å²) < 4.78 is 34.6. The molecule has 0 amide bonds. The molecule has 0 aliphatic carbocycles. The molecule has 0 radical (unpaired) electrons. The number of phosphoric acid groups is 1. The first-order chi connectivity index (χ1) is 38.0. The van der Waals surface area contributed by atoms with Gasteiger partial charge in [-0.25, -0.2) is 4.57 Å². The molecule has 0 rings (SSSR count). The van der Waals surface area contributed by atoms with Gasteiger partial charge in [-0.3, -0.25) is 18.6 Å². The Morgan fingerprint density at radius 3 is 1.03 bits per heavy atom. The zero-order valence-corrected chi connectivity index (χ0v) is 52.0. The number of carbonyl (C=O) groups is 2. The molecule has 0 aromatic rings. The van der Waals surface area contributed by atoms with Crippen molar-refractivity contribution in [3.63, 3.8) is 0 Å². The van der Waals surface area contributed by atoms with Gasteiger partial charge in [0, 0.05) is 12.8 Å². The van der Waals surface area contributed by atoms with E-state index in [9.17, 15) is 19.0 Å². The van der Waals surface area contributed by atoms with Crippen molar-refractivity contribution in [2.75, 3.05) is 47.5 Å². The Labute approximate surface area is 481 Å². The molecule has 78 heavy (non-hydrogen) atoms. The van der Waals surface area contributed by atoms with Crippen LogP contribution in [0, 0.1) is 0 Å². The van der Waals surface area contributed by atoms with E-state index in [1.54, 1.807) is 0 Å². The lowest BCUT2D eigenvalue weighted by Crippen LogP contribution is -2.37. The zero-order valence-electron chi connectivity index (χ0n) is 51.1. The molecule has 450 valence electrons. The Hall–Kier alpha value is -3.07. The molecule has 0 aromatic heterocycles. The molecule has 9 nitrogen and oxygen atoms in total. The summed E-state index contributed by atoms with van der Waals surface area (Å²) in [6.07, 6.45) is 80.9. The van der Waals surface area contributed by atoms with Crippen LogP contribution in [0.15, 0.2) is 97.2 Å². The number of esters is 2. The van der Waals surface area contributed by atoms with Crippen molar-refractivity contribution >= 4 is 19.8 Å². The van der Waals surface area contributed by atoms with E-state index in [1.807, 2.05) is 21.1 Å². The van der Waals surface area contributed by atoms with Crippen molar-refractivity contribution in [2.45, 2.75) is 277 Å². The van der Waals surface area contributed by atoms with Gasteiger partial charge in [0.2, 0.25) is 0 Å². The van der Waals surface area contributed by atoms with Crippen LogP contribution in [0.3, 0.4) is 0 Å². The van der Waals surface area contributed by atoms with Gasteiger partial charge in [0.1, 0.15) is 19.8 Å². The fourth-order valence-corrected chi connectivity index (χ4v) is 9.51. The molecule has 0 spiro atoms. The number of quaternary nitrogens is 1. The third-order valence-electron chi connectivity index (χ3n) is 13.6. The molecule has 0 aliphatic heterocycles. The molecular weight excluding hydrogens is 990 g/mol. The second kappa shape index (κ2) is 58.6. The Morgan fingerprint density at radius 1 is 0.397 bits per heavy atom. The van der Waals surface area contributed by atoms with E-state index < -0.39 is 26.5 Å². The first-order valence-electron chi connectivity index (χ1n) is 32.0. The van der Waals surface area contributed by atoms with Gasteiger partial charge in [0.25, 0.3) is 0 Å². The van der Waals surface area contributed by atoms with Crippen molar-refractivity contribution in [1.82, 2.24) is 0 Å². The lowest BCUT2D eigenvalue weighted by Gasteiger charge is -2.24. The summed E-state index contributed by atoms with van der Waals surface area (Å²) in [5, 5.41) is 0. The van der Waals surface area contributed by atoms with E-state index >= 15 is 0 Å². The molecule has 1 N–H and O–H groups in total.